The Labute approximate surface area is 137 Å². The van der Waals surface area contributed by atoms with Gasteiger partial charge in [0, 0.05) is 0 Å². The van der Waals surface area contributed by atoms with E-state index in [2.05, 4.69) is 0 Å². The third-order valence-electron chi connectivity index (χ3n) is 3.29. The second kappa shape index (κ2) is 11.9. The Bertz CT molecular complexity index is 353. The zero-order valence-electron chi connectivity index (χ0n) is 14.0. The molecule has 0 aromatic carbocycles. The van der Waals surface area contributed by atoms with Crippen LogP contribution in [0.2, 0.25) is 0 Å². The van der Waals surface area contributed by atoms with Crippen LogP contribution in [-0.2, 0) is 23.9 Å². The van der Waals surface area contributed by atoms with E-state index in [0.717, 1.165) is 25.7 Å². The van der Waals surface area contributed by atoms with Gasteiger partial charge in [0.15, 0.2) is 5.60 Å². The molecule has 0 fully saturated rings. The normalized spacial score (nSPS) is 11.1. The van der Waals surface area contributed by atoms with Crippen molar-refractivity contribution in [2.24, 2.45) is 0 Å². The van der Waals surface area contributed by atoms with Crippen molar-refractivity contribution in [3.63, 3.8) is 0 Å². The summed E-state index contributed by atoms with van der Waals surface area (Å²) in [6.45, 7) is 4.34. The molecule has 0 heterocycles. The van der Waals surface area contributed by atoms with Gasteiger partial charge in [-0.1, -0.05) is 39.5 Å². The van der Waals surface area contributed by atoms with Crippen molar-refractivity contribution in [1.29, 1.82) is 0 Å². The van der Waals surface area contributed by atoms with E-state index in [4.69, 9.17) is 14.6 Å². The summed E-state index contributed by atoms with van der Waals surface area (Å²) in [5.41, 5.74) is -2.50. The third-order valence-corrected chi connectivity index (χ3v) is 3.29. The van der Waals surface area contributed by atoms with Crippen molar-refractivity contribution in [2.45, 2.75) is 70.8 Å². The molecule has 0 rings (SSSR count). The van der Waals surface area contributed by atoms with Gasteiger partial charge in [-0.25, -0.2) is 4.79 Å². The average molecular weight is 332 g/mol. The molecular formula is C16H28O7. The zero-order chi connectivity index (χ0) is 17.7. The first-order chi connectivity index (χ1) is 10.9. The van der Waals surface area contributed by atoms with Crippen LogP contribution in [0.1, 0.15) is 65.2 Å². The molecule has 134 valence electrons. The first-order valence-electron chi connectivity index (χ1n) is 8.12. The lowest BCUT2D eigenvalue weighted by Gasteiger charge is -2.21. The lowest BCUT2D eigenvalue weighted by atomic mass is 9.96. The number of rotatable bonds is 13. The maximum atomic E-state index is 11.6. The van der Waals surface area contributed by atoms with E-state index in [-0.39, 0.29) is 13.2 Å². The fourth-order valence-electron chi connectivity index (χ4n) is 1.87. The summed E-state index contributed by atoms with van der Waals surface area (Å²) in [6.07, 6.45) is 3.49. The van der Waals surface area contributed by atoms with Gasteiger partial charge in [-0.05, 0) is 12.8 Å². The number of ether oxygens (including phenoxy) is 2. The van der Waals surface area contributed by atoms with E-state index in [0.29, 0.717) is 12.8 Å². The molecule has 0 aliphatic rings. The summed E-state index contributed by atoms with van der Waals surface area (Å²) in [5.74, 6) is -3.33. The number of carboxylic acid groups (broad SMARTS) is 1. The molecule has 0 radical (unpaired) electrons. The minimum absolute atomic E-state index is 0.170. The Morgan fingerprint density at radius 1 is 0.826 bits per heavy atom. The second-order valence-corrected chi connectivity index (χ2v) is 5.55. The number of aliphatic carboxylic acids is 1. The molecule has 0 spiro atoms. The lowest BCUT2D eigenvalue weighted by Crippen LogP contribution is -2.43. The molecule has 7 heteroatoms. The van der Waals surface area contributed by atoms with E-state index in [9.17, 15) is 19.5 Å². The van der Waals surface area contributed by atoms with Gasteiger partial charge in [-0.2, -0.15) is 0 Å². The molecule has 0 saturated carbocycles. The van der Waals surface area contributed by atoms with Crippen LogP contribution in [0.3, 0.4) is 0 Å². The molecule has 0 unspecified atom stereocenters. The summed E-state index contributed by atoms with van der Waals surface area (Å²) in [4.78, 5) is 34.4. The van der Waals surface area contributed by atoms with Crippen LogP contribution in [0, 0.1) is 0 Å². The maximum Gasteiger partial charge on any atom is 0.336 e. The van der Waals surface area contributed by atoms with Crippen LogP contribution in [0.15, 0.2) is 0 Å². The summed E-state index contributed by atoms with van der Waals surface area (Å²) in [6, 6.07) is 0. The fraction of sp³-hybridized carbons (Fsp3) is 0.812. The van der Waals surface area contributed by atoms with Crippen molar-refractivity contribution in [3.8, 4) is 0 Å². The van der Waals surface area contributed by atoms with Gasteiger partial charge in [-0.3, -0.25) is 9.59 Å². The first kappa shape index (κ1) is 21.4. The number of aliphatic hydroxyl groups is 1. The van der Waals surface area contributed by atoms with E-state index >= 15 is 0 Å². The van der Waals surface area contributed by atoms with Crippen molar-refractivity contribution in [2.75, 3.05) is 13.2 Å². The molecule has 0 aromatic rings. The Morgan fingerprint density at radius 2 is 1.22 bits per heavy atom. The number of unbranched alkanes of at least 4 members (excludes halogenated alkanes) is 4. The Kier molecular flexibility index (Phi) is 11.0. The lowest BCUT2D eigenvalue weighted by molar-refractivity contribution is -0.173. The van der Waals surface area contributed by atoms with Gasteiger partial charge in [-0.15, -0.1) is 0 Å². The van der Waals surface area contributed by atoms with Crippen LogP contribution in [0.25, 0.3) is 0 Å². The Balaban J connectivity index is 4.35. The first-order valence-corrected chi connectivity index (χ1v) is 8.12. The number of carboxylic acids is 1. The largest absolute Gasteiger partial charge is 0.479 e. The standard InChI is InChI=1S/C16H28O7/c1-3-5-7-9-22-13(17)11-16(21,15(19)20)12-14(18)23-10-8-6-4-2/h21H,3-12H2,1-2H3,(H,19,20). The number of hydrogen-bond acceptors (Lipinski definition) is 6. The highest BCUT2D eigenvalue weighted by Gasteiger charge is 2.41. The van der Waals surface area contributed by atoms with Crippen LogP contribution < -0.4 is 0 Å². The van der Waals surface area contributed by atoms with Gasteiger partial charge in [0.05, 0.1) is 26.1 Å². The molecule has 0 amide bonds. The molecule has 7 nitrogen and oxygen atoms in total. The van der Waals surface area contributed by atoms with Gasteiger partial charge in [0.25, 0.3) is 0 Å². The number of carbonyl (C=O) groups excluding carboxylic acids is 2. The second-order valence-electron chi connectivity index (χ2n) is 5.55. The molecule has 0 saturated heterocycles. The molecular weight excluding hydrogens is 304 g/mol. The van der Waals surface area contributed by atoms with E-state index in [1.54, 1.807) is 0 Å². The molecule has 0 aliphatic heterocycles. The Morgan fingerprint density at radius 3 is 1.52 bits per heavy atom. The quantitative estimate of drug-likeness (QED) is 0.392. The van der Waals surface area contributed by atoms with Crippen molar-refractivity contribution < 1.29 is 34.1 Å². The van der Waals surface area contributed by atoms with Crippen molar-refractivity contribution in [3.05, 3.63) is 0 Å². The fourth-order valence-corrected chi connectivity index (χ4v) is 1.87. The van der Waals surface area contributed by atoms with Crippen LogP contribution in [0.4, 0.5) is 0 Å². The summed E-state index contributed by atoms with van der Waals surface area (Å²) >= 11 is 0. The predicted molar refractivity (Wildman–Crippen MR) is 82.8 cm³/mol. The minimum Gasteiger partial charge on any atom is -0.479 e. The molecule has 0 atom stereocenters. The molecule has 0 bridgehead atoms. The third kappa shape index (κ3) is 9.89. The van der Waals surface area contributed by atoms with Crippen LogP contribution in [0.5, 0.6) is 0 Å². The van der Waals surface area contributed by atoms with E-state index in [1.165, 1.54) is 0 Å². The maximum absolute atomic E-state index is 11.6. The van der Waals surface area contributed by atoms with Crippen molar-refractivity contribution in [1.82, 2.24) is 0 Å². The monoisotopic (exact) mass is 332 g/mol. The summed E-state index contributed by atoms with van der Waals surface area (Å²) in [7, 11) is 0. The highest BCUT2D eigenvalue weighted by atomic mass is 16.5. The van der Waals surface area contributed by atoms with E-state index in [1.807, 2.05) is 13.8 Å². The average Bonchev–Trinajstić information content (AvgIpc) is 2.48. The molecule has 0 aromatic heterocycles. The molecule has 2 N–H and O–H groups in total. The SMILES string of the molecule is CCCCCOC(=O)CC(O)(CC(=O)OCCCCC)C(=O)O. The van der Waals surface area contributed by atoms with Gasteiger partial charge in [0.1, 0.15) is 0 Å². The predicted octanol–water partition coefficient (Wildman–Crippen LogP) is 2.05. The zero-order valence-corrected chi connectivity index (χ0v) is 14.0. The van der Waals surface area contributed by atoms with E-state index < -0.39 is 36.4 Å². The smallest absolute Gasteiger partial charge is 0.336 e. The van der Waals surface area contributed by atoms with Crippen LogP contribution in [-0.4, -0.2) is 46.9 Å². The topological polar surface area (TPSA) is 110 Å². The summed E-state index contributed by atoms with van der Waals surface area (Å²) in [5, 5.41) is 19.1. The highest BCUT2D eigenvalue weighted by molar-refractivity contribution is 5.88. The Hall–Kier alpha value is -1.63. The molecule has 23 heavy (non-hydrogen) atoms. The number of hydrogen-bond donors (Lipinski definition) is 2. The number of carbonyl (C=O) groups is 3. The van der Waals surface area contributed by atoms with Gasteiger partial charge in [0.2, 0.25) is 0 Å². The number of esters is 2. The van der Waals surface area contributed by atoms with Gasteiger partial charge >= 0.3 is 17.9 Å². The minimum atomic E-state index is -2.50. The van der Waals surface area contributed by atoms with Crippen molar-refractivity contribution >= 4 is 17.9 Å². The van der Waals surface area contributed by atoms with Crippen LogP contribution >= 0.6 is 0 Å². The summed E-state index contributed by atoms with van der Waals surface area (Å²) < 4.78 is 9.74. The highest BCUT2D eigenvalue weighted by Crippen LogP contribution is 2.18. The molecule has 0 aliphatic carbocycles. The van der Waals surface area contributed by atoms with Gasteiger partial charge < -0.3 is 19.7 Å².